The van der Waals surface area contributed by atoms with Crippen LogP contribution in [0.2, 0.25) is 0 Å². The highest BCUT2D eigenvalue weighted by Crippen LogP contribution is 2.35. The van der Waals surface area contributed by atoms with E-state index in [1.165, 1.54) is 19.3 Å². The fraction of sp³-hybridized carbons (Fsp3) is 0.625. The quantitative estimate of drug-likeness (QED) is 0.776. The summed E-state index contributed by atoms with van der Waals surface area (Å²) in [7, 11) is 0. The van der Waals surface area contributed by atoms with Gasteiger partial charge in [-0.15, -0.1) is 0 Å². The highest BCUT2D eigenvalue weighted by atomic mass is 16.1. The van der Waals surface area contributed by atoms with Gasteiger partial charge < -0.3 is 16.4 Å². The Morgan fingerprint density at radius 1 is 1.52 bits per heavy atom. The first kappa shape index (κ1) is 15.8. The molecule has 1 heterocycles. The molecule has 1 aliphatic carbocycles. The van der Waals surface area contributed by atoms with E-state index in [2.05, 4.69) is 22.5 Å². The second kappa shape index (κ2) is 6.89. The minimum Gasteiger partial charge on any atom is -0.378 e. The van der Waals surface area contributed by atoms with Crippen molar-refractivity contribution in [1.29, 1.82) is 0 Å². The molecule has 5 nitrogen and oxygen atoms in total. The van der Waals surface area contributed by atoms with E-state index >= 15 is 0 Å². The SMILES string of the molecule is CCNC(=O)c1cc(NC2(CN)CCCCC2C)ccn1. The lowest BCUT2D eigenvalue weighted by Gasteiger charge is -2.43. The number of hydrogen-bond donors (Lipinski definition) is 3. The summed E-state index contributed by atoms with van der Waals surface area (Å²) < 4.78 is 0. The van der Waals surface area contributed by atoms with Gasteiger partial charge in [0.15, 0.2) is 0 Å². The van der Waals surface area contributed by atoms with Gasteiger partial charge in [0, 0.05) is 25.0 Å². The maximum absolute atomic E-state index is 11.9. The van der Waals surface area contributed by atoms with Crippen LogP contribution in [0.25, 0.3) is 0 Å². The molecule has 5 heteroatoms. The van der Waals surface area contributed by atoms with Crippen molar-refractivity contribution in [3.05, 3.63) is 24.0 Å². The molecule has 0 aromatic carbocycles. The number of hydrogen-bond acceptors (Lipinski definition) is 4. The maximum Gasteiger partial charge on any atom is 0.269 e. The lowest BCUT2D eigenvalue weighted by Crippen LogP contribution is -2.52. The minimum atomic E-state index is -0.139. The molecule has 1 amide bonds. The van der Waals surface area contributed by atoms with E-state index in [-0.39, 0.29) is 11.4 Å². The van der Waals surface area contributed by atoms with E-state index in [9.17, 15) is 4.79 Å². The number of nitrogens with two attached hydrogens (primary N) is 1. The monoisotopic (exact) mass is 290 g/mol. The van der Waals surface area contributed by atoms with Gasteiger partial charge in [-0.2, -0.15) is 0 Å². The van der Waals surface area contributed by atoms with Crippen LogP contribution in [0, 0.1) is 5.92 Å². The van der Waals surface area contributed by atoms with Gasteiger partial charge in [-0.1, -0.05) is 19.8 Å². The Kier molecular flexibility index (Phi) is 5.17. The molecule has 0 saturated heterocycles. The molecule has 1 aliphatic rings. The van der Waals surface area contributed by atoms with Gasteiger partial charge in [-0.3, -0.25) is 9.78 Å². The van der Waals surface area contributed by atoms with Crippen molar-refractivity contribution in [3.8, 4) is 0 Å². The van der Waals surface area contributed by atoms with Crippen LogP contribution in [0.3, 0.4) is 0 Å². The highest BCUT2D eigenvalue weighted by molar-refractivity contribution is 5.93. The molecule has 2 unspecified atom stereocenters. The van der Waals surface area contributed by atoms with Crippen LogP contribution in [-0.2, 0) is 0 Å². The third-order valence-electron chi connectivity index (χ3n) is 4.54. The van der Waals surface area contributed by atoms with Crippen LogP contribution < -0.4 is 16.4 Å². The molecule has 1 saturated carbocycles. The van der Waals surface area contributed by atoms with Crippen molar-refractivity contribution in [1.82, 2.24) is 10.3 Å². The van der Waals surface area contributed by atoms with Crippen LogP contribution in [0.15, 0.2) is 18.3 Å². The number of anilines is 1. The molecule has 2 atom stereocenters. The van der Waals surface area contributed by atoms with Gasteiger partial charge in [-0.25, -0.2) is 0 Å². The summed E-state index contributed by atoms with van der Waals surface area (Å²) in [5, 5.41) is 6.36. The summed E-state index contributed by atoms with van der Waals surface area (Å²) in [5.41, 5.74) is 7.36. The Balaban J connectivity index is 2.18. The summed E-state index contributed by atoms with van der Waals surface area (Å²) in [4.78, 5) is 16.0. The van der Waals surface area contributed by atoms with Crippen molar-refractivity contribution in [3.63, 3.8) is 0 Å². The molecular weight excluding hydrogens is 264 g/mol. The van der Waals surface area contributed by atoms with E-state index in [1.54, 1.807) is 6.20 Å². The fourth-order valence-electron chi connectivity index (χ4n) is 3.12. The van der Waals surface area contributed by atoms with Crippen LogP contribution >= 0.6 is 0 Å². The van der Waals surface area contributed by atoms with Gasteiger partial charge in [0.2, 0.25) is 0 Å². The number of carbonyl (C=O) groups is 1. The number of aromatic nitrogens is 1. The molecule has 0 bridgehead atoms. The van der Waals surface area contributed by atoms with Crippen molar-refractivity contribution in [2.24, 2.45) is 11.7 Å². The summed E-state index contributed by atoms with van der Waals surface area (Å²) in [6.45, 7) is 5.35. The van der Waals surface area contributed by atoms with Crippen LogP contribution in [0.4, 0.5) is 5.69 Å². The Bertz CT molecular complexity index is 491. The third-order valence-corrected chi connectivity index (χ3v) is 4.54. The number of nitrogens with zero attached hydrogens (tertiary/aromatic N) is 1. The molecule has 116 valence electrons. The Hall–Kier alpha value is -1.62. The zero-order chi connectivity index (χ0) is 15.3. The first-order chi connectivity index (χ1) is 10.1. The Labute approximate surface area is 126 Å². The summed E-state index contributed by atoms with van der Waals surface area (Å²) in [6, 6.07) is 3.71. The number of carbonyl (C=O) groups excluding carboxylic acids is 1. The molecule has 2 rings (SSSR count). The zero-order valence-electron chi connectivity index (χ0n) is 13.0. The predicted octanol–water partition coefficient (Wildman–Crippen LogP) is 2.15. The Morgan fingerprint density at radius 2 is 2.33 bits per heavy atom. The maximum atomic E-state index is 11.9. The van der Waals surface area contributed by atoms with Crippen molar-refractivity contribution in [2.75, 3.05) is 18.4 Å². The smallest absolute Gasteiger partial charge is 0.269 e. The normalized spacial score (nSPS) is 25.4. The number of pyridine rings is 1. The van der Waals surface area contributed by atoms with Crippen molar-refractivity contribution >= 4 is 11.6 Å². The number of nitrogens with one attached hydrogen (secondary N) is 2. The van der Waals surface area contributed by atoms with Crippen LogP contribution in [-0.4, -0.2) is 29.5 Å². The van der Waals surface area contributed by atoms with E-state index < -0.39 is 0 Å². The van der Waals surface area contributed by atoms with E-state index in [0.29, 0.717) is 24.7 Å². The summed E-state index contributed by atoms with van der Waals surface area (Å²) in [5.74, 6) is 0.386. The average Bonchev–Trinajstić information content (AvgIpc) is 2.50. The molecule has 4 N–H and O–H groups in total. The van der Waals surface area contributed by atoms with Gasteiger partial charge in [0.25, 0.3) is 5.91 Å². The first-order valence-electron chi connectivity index (χ1n) is 7.84. The largest absolute Gasteiger partial charge is 0.378 e. The molecular formula is C16H26N4O. The second-order valence-electron chi connectivity index (χ2n) is 5.92. The number of amides is 1. The van der Waals surface area contributed by atoms with Crippen LogP contribution in [0.1, 0.15) is 50.0 Å². The van der Waals surface area contributed by atoms with E-state index in [4.69, 9.17) is 5.73 Å². The molecule has 1 aromatic rings. The summed E-state index contributed by atoms with van der Waals surface area (Å²) in [6.07, 6.45) is 6.40. The average molecular weight is 290 g/mol. The molecule has 21 heavy (non-hydrogen) atoms. The molecule has 0 aliphatic heterocycles. The molecule has 0 radical (unpaired) electrons. The summed E-state index contributed by atoms with van der Waals surface area (Å²) >= 11 is 0. The lowest BCUT2D eigenvalue weighted by atomic mass is 9.73. The van der Waals surface area contributed by atoms with Gasteiger partial charge >= 0.3 is 0 Å². The van der Waals surface area contributed by atoms with Gasteiger partial charge in [0.05, 0.1) is 5.54 Å². The second-order valence-corrected chi connectivity index (χ2v) is 5.92. The zero-order valence-corrected chi connectivity index (χ0v) is 13.0. The van der Waals surface area contributed by atoms with Gasteiger partial charge in [-0.05, 0) is 37.8 Å². The number of rotatable bonds is 5. The lowest BCUT2D eigenvalue weighted by molar-refractivity contribution is 0.0951. The first-order valence-corrected chi connectivity index (χ1v) is 7.84. The molecule has 0 spiro atoms. The van der Waals surface area contributed by atoms with Crippen molar-refractivity contribution < 1.29 is 4.79 Å². The van der Waals surface area contributed by atoms with Crippen LogP contribution in [0.5, 0.6) is 0 Å². The van der Waals surface area contributed by atoms with Gasteiger partial charge in [0.1, 0.15) is 5.69 Å². The van der Waals surface area contributed by atoms with E-state index in [1.807, 2.05) is 19.1 Å². The topological polar surface area (TPSA) is 80.0 Å². The van der Waals surface area contributed by atoms with Crippen molar-refractivity contribution in [2.45, 2.75) is 45.1 Å². The predicted molar refractivity (Wildman–Crippen MR) is 85.3 cm³/mol. The fourth-order valence-corrected chi connectivity index (χ4v) is 3.12. The molecule has 1 fully saturated rings. The minimum absolute atomic E-state index is 0.0713. The highest BCUT2D eigenvalue weighted by Gasteiger charge is 2.36. The standard InChI is InChI=1S/C16H26N4O/c1-3-18-15(21)14-10-13(7-9-19-14)20-16(11-17)8-5-4-6-12(16)2/h7,9-10,12H,3-6,8,11,17H2,1-2H3,(H,18,21)(H,19,20). The third kappa shape index (κ3) is 3.53. The van der Waals surface area contributed by atoms with E-state index in [0.717, 1.165) is 12.1 Å². The Morgan fingerprint density at radius 3 is 3.00 bits per heavy atom. The molecule has 1 aromatic heterocycles.